The van der Waals surface area contributed by atoms with Gasteiger partial charge in [-0.15, -0.1) is 0 Å². The van der Waals surface area contributed by atoms with E-state index in [1.807, 2.05) is 24.3 Å². The molecule has 2 aromatic rings. The summed E-state index contributed by atoms with van der Waals surface area (Å²) in [5.41, 5.74) is 4.75. The highest BCUT2D eigenvalue weighted by Gasteiger charge is 2.21. The van der Waals surface area contributed by atoms with E-state index in [9.17, 15) is 4.79 Å². The Morgan fingerprint density at radius 3 is 2.08 bits per heavy atom. The summed E-state index contributed by atoms with van der Waals surface area (Å²) in [6.07, 6.45) is 10.9. The second-order valence-corrected chi connectivity index (χ2v) is 7.42. The molecule has 0 amide bonds. The fraction of sp³-hybridized carbons (Fsp3) is 0.375. The van der Waals surface area contributed by atoms with Crippen molar-refractivity contribution in [2.45, 2.75) is 51.4 Å². The van der Waals surface area contributed by atoms with Crippen LogP contribution < -0.4 is 0 Å². The van der Waals surface area contributed by atoms with Gasteiger partial charge < -0.3 is 5.11 Å². The topological polar surface area (TPSA) is 37.3 Å². The zero-order chi connectivity index (χ0) is 18.4. The van der Waals surface area contributed by atoms with Crippen molar-refractivity contribution in [3.8, 4) is 11.1 Å². The van der Waals surface area contributed by atoms with Crippen LogP contribution in [0.5, 0.6) is 0 Å². The summed E-state index contributed by atoms with van der Waals surface area (Å²) >= 11 is 0. The van der Waals surface area contributed by atoms with E-state index in [-0.39, 0.29) is 0 Å². The summed E-state index contributed by atoms with van der Waals surface area (Å²) in [5.74, 6) is 0.748. The number of carboxylic acids is 1. The van der Waals surface area contributed by atoms with Crippen LogP contribution in [0.25, 0.3) is 17.2 Å². The Hall–Kier alpha value is -2.35. The van der Waals surface area contributed by atoms with Crippen LogP contribution in [-0.2, 0) is 4.79 Å². The molecule has 1 N–H and O–H groups in total. The maximum absolute atomic E-state index is 10.6. The van der Waals surface area contributed by atoms with E-state index >= 15 is 0 Å². The summed E-state index contributed by atoms with van der Waals surface area (Å²) < 4.78 is 0. The minimum Gasteiger partial charge on any atom is -0.478 e. The van der Waals surface area contributed by atoms with Gasteiger partial charge in [-0.2, -0.15) is 0 Å². The Morgan fingerprint density at radius 1 is 0.962 bits per heavy atom. The van der Waals surface area contributed by atoms with Crippen molar-refractivity contribution in [3.05, 3.63) is 65.7 Å². The van der Waals surface area contributed by atoms with Gasteiger partial charge in [0.25, 0.3) is 0 Å². The molecule has 0 spiro atoms. The van der Waals surface area contributed by atoms with Crippen LogP contribution in [0.2, 0.25) is 0 Å². The maximum atomic E-state index is 10.6. The molecule has 136 valence electrons. The highest BCUT2D eigenvalue weighted by atomic mass is 16.4. The molecule has 1 fully saturated rings. The first-order valence-electron chi connectivity index (χ1n) is 9.77. The van der Waals surface area contributed by atoms with E-state index in [0.717, 1.165) is 23.0 Å². The smallest absolute Gasteiger partial charge is 0.328 e. The van der Waals surface area contributed by atoms with E-state index in [4.69, 9.17) is 5.11 Å². The molecule has 1 aliphatic carbocycles. The Balaban J connectivity index is 1.63. The van der Waals surface area contributed by atoms with Crippen molar-refractivity contribution in [3.63, 3.8) is 0 Å². The lowest BCUT2D eigenvalue weighted by atomic mass is 9.77. The minimum absolute atomic E-state index is 0.723. The lowest BCUT2D eigenvalue weighted by Gasteiger charge is -2.28. The van der Waals surface area contributed by atoms with Gasteiger partial charge in [-0.25, -0.2) is 4.79 Å². The highest BCUT2D eigenvalue weighted by molar-refractivity contribution is 5.85. The number of carboxylic acid groups (broad SMARTS) is 1. The van der Waals surface area contributed by atoms with Crippen LogP contribution in [0.15, 0.2) is 54.6 Å². The highest BCUT2D eigenvalue weighted by Crippen LogP contribution is 2.38. The summed E-state index contributed by atoms with van der Waals surface area (Å²) in [6, 6.07) is 17.0. The molecule has 2 heteroatoms. The summed E-state index contributed by atoms with van der Waals surface area (Å²) in [5, 5.41) is 8.70. The number of benzene rings is 2. The van der Waals surface area contributed by atoms with Gasteiger partial charge in [-0.1, -0.05) is 68.3 Å². The van der Waals surface area contributed by atoms with Gasteiger partial charge in [0.2, 0.25) is 0 Å². The molecule has 2 nitrogen and oxygen atoms in total. The predicted octanol–water partition coefficient (Wildman–Crippen LogP) is 6.53. The second-order valence-electron chi connectivity index (χ2n) is 7.42. The normalized spacial score (nSPS) is 20.3. The van der Waals surface area contributed by atoms with E-state index < -0.39 is 5.97 Å². The fourth-order valence-corrected chi connectivity index (χ4v) is 4.09. The summed E-state index contributed by atoms with van der Waals surface area (Å²) in [7, 11) is 0. The van der Waals surface area contributed by atoms with Gasteiger partial charge in [0, 0.05) is 6.08 Å². The molecule has 0 bridgehead atoms. The molecule has 0 aromatic heterocycles. The first-order valence-corrected chi connectivity index (χ1v) is 9.77. The van der Waals surface area contributed by atoms with Crippen LogP contribution in [0.3, 0.4) is 0 Å². The third kappa shape index (κ3) is 4.85. The van der Waals surface area contributed by atoms with Crippen molar-refractivity contribution in [2.24, 2.45) is 5.92 Å². The van der Waals surface area contributed by atoms with Gasteiger partial charge in [-0.05, 0) is 65.8 Å². The van der Waals surface area contributed by atoms with Crippen LogP contribution >= 0.6 is 0 Å². The molecule has 1 aliphatic rings. The van der Waals surface area contributed by atoms with E-state index in [1.54, 1.807) is 6.08 Å². The molecular formula is C24H28O2. The van der Waals surface area contributed by atoms with Crippen LogP contribution in [0, 0.1) is 5.92 Å². The van der Waals surface area contributed by atoms with Crippen LogP contribution in [0.1, 0.15) is 62.5 Å². The number of carbonyl (C=O) groups is 1. The van der Waals surface area contributed by atoms with Crippen LogP contribution in [-0.4, -0.2) is 11.1 Å². The first kappa shape index (κ1) is 18.4. The summed E-state index contributed by atoms with van der Waals surface area (Å²) in [4.78, 5) is 10.6. The second kappa shape index (κ2) is 8.84. The third-order valence-electron chi connectivity index (χ3n) is 5.59. The van der Waals surface area contributed by atoms with Crippen molar-refractivity contribution in [1.29, 1.82) is 0 Å². The molecule has 2 aromatic carbocycles. The number of hydrogen-bond acceptors (Lipinski definition) is 1. The molecule has 26 heavy (non-hydrogen) atoms. The maximum Gasteiger partial charge on any atom is 0.328 e. The molecule has 0 atom stereocenters. The monoisotopic (exact) mass is 348 g/mol. The number of rotatable bonds is 6. The Bertz CT molecular complexity index is 733. The van der Waals surface area contributed by atoms with E-state index in [0.29, 0.717) is 0 Å². The van der Waals surface area contributed by atoms with E-state index in [2.05, 4.69) is 31.2 Å². The number of hydrogen-bond donors (Lipinski definition) is 1. The molecular weight excluding hydrogens is 320 g/mol. The predicted molar refractivity (Wildman–Crippen MR) is 108 cm³/mol. The Labute approximate surface area is 156 Å². The molecule has 0 radical (unpaired) electrons. The lowest BCUT2D eigenvalue weighted by Crippen LogP contribution is -2.13. The van der Waals surface area contributed by atoms with Gasteiger partial charge in [0.1, 0.15) is 0 Å². The van der Waals surface area contributed by atoms with Crippen molar-refractivity contribution in [2.75, 3.05) is 0 Å². The van der Waals surface area contributed by atoms with Gasteiger partial charge in [-0.3, -0.25) is 0 Å². The molecule has 0 heterocycles. The van der Waals surface area contributed by atoms with Crippen molar-refractivity contribution in [1.82, 2.24) is 0 Å². The Kier molecular flexibility index (Phi) is 6.27. The molecule has 1 saturated carbocycles. The number of aliphatic carboxylic acids is 1. The average Bonchev–Trinajstić information content (AvgIpc) is 2.68. The zero-order valence-electron chi connectivity index (χ0n) is 15.5. The van der Waals surface area contributed by atoms with Gasteiger partial charge in [0.05, 0.1) is 0 Å². The lowest BCUT2D eigenvalue weighted by molar-refractivity contribution is -0.131. The average molecular weight is 348 g/mol. The molecule has 0 unspecified atom stereocenters. The van der Waals surface area contributed by atoms with Gasteiger partial charge >= 0.3 is 5.97 Å². The van der Waals surface area contributed by atoms with E-state index in [1.165, 1.54) is 55.7 Å². The minimum atomic E-state index is -0.923. The molecule has 0 aliphatic heterocycles. The van der Waals surface area contributed by atoms with Crippen molar-refractivity contribution < 1.29 is 9.90 Å². The SMILES string of the molecule is CCCC1CCC(c2ccc(-c3ccc(/C=C/C(=O)O)cc3)cc2)CC1. The molecule has 3 rings (SSSR count). The van der Waals surface area contributed by atoms with Crippen LogP contribution in [0.4, 0.5) is 0 Å². The standard InChI is InChI=1S/C24H28O2/c1-2-3-18-4-9-20(10-5-18)22-13-15-23(16-14-22)21-11-6-19(7-12-21)8-17-24(25)26/h6-8,11-18,20H,2-5,9-10H2,1H3,(H,25,26)/b17-8+. The molecule has 0 saturated heterocycles. The summed E-state index contributed by atoms with van der Waals surface area (Å²) in [6.45, 7) is 2.29. The fourth-order valence-electron chi connectivity index (χ4n) is 4.09. The van der Waals surface area contributed by atoms with Crippen molar-refractivity contribution >= 4 is 12.0 Å². The van der Waals surface area contributed by atoms with Gasteiger partial charge in [0.15, 0.2) is 0 Å². The quantitative estimate of drug-likeness (QED) is 0.603. The Morgan fingerprint density at radius 2 is 1.54 bits per heavy atom. The third-order valence-corrected chi connectivity index (χ3v) is 5.59. The first-order chi connectivity index (χ1) is 12.7. The zero-order valence-corrected chi connectivity index (χ0v) is 15.5. The largest absolute Gasteiger partial charge is 0.478 e.